The highest BCUT2D eigenvalue weighted by atomic mass is 16.5. The van der Waals surface area contributed by atoms with Crippen LogP contribution in [-0.2, 0) is 16.1 Å². The molecule has 1 aliphatic heterocycles. The third kappa shape index (κ3) is 4.04. The molecule has 1 atom stereocenters. The van der Waals surface area contributed by atoms with Gasteiger partial charge in [-0.3, -0.25) is 9.59 Å². The van der Waals surface area contributed by atoms with Crippen LogP contribution in [0.25, 0.3) is 0 Å². The molecule has 2 N–H and O–H groups in total. The van der Waals surface area contributed by atoms with Crippen LogP contribution in [0.1, 0.15) is 43.1 Å². The lowest BCUT2D eigenvalue weighted by molar-refractivity contribution is -0.126. The van der Waals surface area contributed by atoms with E-state index in [2.05, 4.69) is 24.5 Å². The summed E-state index contributed by atoms with van der Waals surface area (Å²) < 4.78 is 5.51. The third-order valence-electron chi connectivity index (χ3n) is 3.49. The Morgan fingerprint density at radius 2 is 2.14 bits per heavy atom. The summed E-state index contributed by atoms with van der Waals surface area (Å²) in [7, 11) is 0. The standard InChI is InChI=1S/C16H22N2O3/c1-10(2)6-7-21-11(3)15(19)18-13-5-4-12-9-17-16(20)14(12)8-13/h4-5,8,10-11H,6-7,9H2,1-3H3,(H,17,20)(H,18,19). The highest BCUT2D eigenvalue weighted by molar-refractivity contribution is 6.01. The van der Waals surface area contributed by atoms with E-state index in [1.54, 1.807) is 19.1 Å². The van der Waals surface area contributed by atoms with Gasteiger partial charge in [0.25, 0.3) is 11.8 Å². The number of benzene rings is 1. The number of anilines is 1. The van der Waals surface area contributed by atoms with E-state index in [1.165, 1.54) is 0 Å². The molecule has 2 amide bonds. The lowest BCUT2D eigenvalue weighted by Crippen LogP contribution is -2.28. The van der Waals surface area contributed by atoms with Crippen LogP contribution < -0.4 is 10.6 Å². The number of carbonyl (C=O) groups is 2. The van der Waals surface area contributed by atoms with Gasteiger partial charge in [-0.1, -0.05) is 19.9 Å². The molecule has 1 aromatic carbocycles. The van der Waals surface area contributed by atoms with E-state index in [1.807, 2.05) is 6.07 Å². The molecule has 1 heterocycles. The van der Waals surface area contributed by atoms with E-state index in [4.69, 9.17) is 4.74 Å². The van der Waals surface area contributed by atoms with Crippen molar-refractivity contribution in [1.29, 1.82) is 0 Å². The highest BCUT2D eigenvalue weighted by Gasteiger charge is 2.20. The molecule has 1 unspecified atom stereocenters. The normalized spacial score (nSPS) is 14.8. The predicted molar refractivity (Wildman–Crippen MR) is 81.1 cm³/mol. The van der Waals surface area contributed by atoms with Crippen LogP contribution in [0.2, 0.25) is 0 Å². The minimum atomic E-state index is -0.508. The first-order valence-electron chi connectivity index (χ1n) is 7.31. The molecular formula is C16H22N2O3. The minimum Gasteiger partial charge on any atom is -0.369 e. The maximum absolute atomic E-state index is 12.0. The number of hydrogen-bond donors (Lipinski definition) is 2. The number of fused-ring (bicyclic) bond motifs is 1. The molecule has 1 aliphatic rings. The van der Waals surface area contributed by atoms with E-state index in [9.17, 15) is 9.59 Å². The quantitative estimate of drug-likeness (QED) is 0.845. The second-order valence-corrected chi connectivity index (χ2v) is 5.74. The number of amides is 2. The Bertz CT molecular complexity index is 540. The monoisotopic (exact) mass is 290 g/mol. The van der Waals surface area contributed by atoms with E-state index in [0.29, 0.717) is 30.3 Å². The lowest BCUT2D eigenvalue weighted by Gasteiger charge is -2.14. The van der Waals surface area contributed by atoms with Crippen molar-refractivity contribution >= 4 is 17.5 Å². The maximum atomic E-state index is 12.0. The van der Waals surface area contributed by atoms with Gasteiger partial charge in [0.2, 0.25) is 0 Å². The Kier molecular flexibility index (Phi) is 4.96. The molecule has 2 rings (SSSR count). The molecule has 0 aliphatic carbocycles. The first-order chi connectivity index (χ1) is 9.97. The largest absolute Gasteiger partial charge is 0.369 e. The molecular weight excluding hydrogens is 268 g/mol. The summed E-state index contributed by atoms with van der Waals surface area (Å²) in [6, 6.07) is 5.36. The number of ether oxygens (including phenoxy) is 1. The predicted octanol–water partition coefficient (Wildman–Crippen LogP) is 2.32. The van der Waals surface area contributed by atoms with Crippen molar-refractivity contribution < 1.29 is 14.3 Å². The summed E-state index contributed by atoms with van der Waals surface area (Å²) >= 11 is 0. The molecule has 0 saturated heterocycles. The molecule has 0 bridgehead atoms. The van der Waals surface area contributed by atoms with Crippen LogP contribution >= 0.6 is 0 Å². The third-order valence-corrected chi connectivity index (χ3v) is 3.49. The van der Waals surface area contributed by atoms with Gasteiger partial charge in [-0.2, -0.15) is 0 Å². The molecule has 21 heavy (non-hydrogen) atoms. The Labute approximate surface area is 125 Å². The Balaban J connectivity index is 1.91. The summed E-state index contributed by atoms with van der Waals surface area (Å²) in [5, 5.41) is 5.54. The van der Waals surface area contributed by atoms with E-state index in [0.717, 1.165) is 12.0 Å². The van der Waals surface area contributed by atoms with Gasteiger partial charge >= 0.3 is 0 Å². The smallest absolute Gasteiger partial charge is 0.253 e. The second-order valence-electron chi connectivity index (χ2n) is 5.74. The van der Waals surface area contributed by atoms with Crippen molar-refractivity contribution in [1.82, 2.24) is 5.32 Å². The zero-order valence-electron chi connectivity index (χ0n) is 12.7. The molecule has 5 nitrogen and oxygen atoms in total. The second kappa shape index (κ2) is 6.72. The minimum absolute atomic E-state index is 0.0951. The molecule has 114 valence electrons. The van der Waals surface area contributed by atoms with Crippen molar-refractivity contribution in [3.05, 3.63) is 29.3 Å². The van der Waals surface area contributed by atoms with Gasteiger partial charge < -0.3 is 15.4 Å². The number of rotatable bonds is 6. The van der Waals surface area contributed by atoms with E-state index < -0.39 is 6.10 Å². The lowest BCUT2D eigenvalue weighted by atomic mass is 10.1. The van der Waals surface area contributed by atoms with Gasteiger partial charge in [-0.15, -0.1) is 0 Å². The topological polar surface area (TPSA) is 67.4 Å². The fraction of sp³-hybridized carbons (Fsp3) is 0.500. The molecule has 1 aromatic rings. The Morgan fingerprint density at radius 1 is 1.38 bits per heavy atom. The van der Waals surface area contributed by atoms with Gasteiger partial charge in [0, 0.05) is 24.4 Å². The fourth-order valence-corrected chi connectivity index (χ4v) is 2.09. The van der Waals surface area contributed by atoms with Gasteiger partial charge in [-0.25, -0.2) is 0 Å². The number of carbonyl (C=O) groups excluding carboxylic acids is 2. The molecule has 0 saturated carbocycles. The molecule has 0 aromatic heterocycles. The zero-order valence-corrected chi connectivity index (χ0v) is 12.7. The zero-order chi connectivity index (χ0) is 15.4. The van der Waals surface area contributed by atoms with E-state index >= 15 is 0 Å². The summed E-state index contributed by atoms with van der Waals surface area (Å²) in [4.78, 5) is 23.6. The van der Waals surface area contributed by atoms with E-state index in [-0.39, 0.29) is 11.8 Å². The molecule has 5 heteroatoms. The van der Waals surface area contributed by atoms with Crippen molar-refractivity contribution in [3.63, 3.8) is 0 Å². The van der Waals surface area contributed by atoms with Gasteiger partial charge in [0.05, 0.1) is 0 Å². The first-order valence-corrected chi connectivity index (χ1v) is 7.31. The van der Waals surface area contributed by atoms with Crippen LogP contribution in [-0.4, -0.2) is 24.5 Å². The van der Waals surface area contributed by atoms with Crippen LogP contribution in [0, 0.1) is 5.92 Å². The summed E-state index contributed by atoms with van der Waals surface area (Å²) in [6.45, 7) is 7.08. The first kappa shape index (κ1) is 15.5. The van der Waals surface area contributed by atoms with Gasteiger partial charge in [-0.05, 0) is 37.0 Å². The van der Waals surface area contributed by atoms with Crippen LogP contribution in [0.5, 0.6) is 0 Å². The van der Waals surface area contributed by atoms with Crippen molar-refractivity contribution in [2.75, 3.05) is 11.9 Å². The number of nitrogens with one attached hydrogen (secondary N) is 2. The SMILES string of the molecule is CC(C)CCOC(C)C(=O)Nc1ccc2c(c1)C(=O)NC2. The average molecular weight is 290 g/mol. The average Bonchev–Trinajstić information content (AvgIpc) is 2.79. The summed E-state index contributed by atoms with van der Waals surface area (Å²) in [5.74, 6) is 0.259. The summed E-state index contributed by atoms with van der Waals surface area (Å²) in [6.07, 6.45) is 0.419. The summed E-state index contributed by atoms with van der Waals surface area (Å²) in [5.41, 5.74) is 2.20. The van der Waals surface area contributed by atoms with Crippen LogP contribution in [0.4, 0.5) is 5.69 Å². The molecule has 0 spiro atoms. The van der Waals surface area contributed by atoms with Crippen molar-refractivity contribution in [2.45, 2.75) is 39.8 Å². The number of hydrogen-bond acceptors (Lipinski definition) is 3. The van der Waals surface area contributed by atoms with Crippen molar-refractivity contribution in [3.8, 4) is 0 Å². The highest BCUT2D eigenvalue weighted by Crippen LogP contribution is 2.20. The maximum Gasteiger partial charge on any atom is 0.253 e. The van der Waals surface area contributed by atoms with Gasteiger partial charge in [0.15, 0.2) is 0 Å². The molecule has 0 radical (unpaired) electrons. The van der Waals surface area contributed by atoms with Gasteiger partial charge in [0.1, 0.15) is 6.10 Å². The molecule has 0 fully saturated rings. The van der Waals surface area contributed by atoms with Crippen molar-refractivity contribution in [2.24, 2.45) is 5.92 Å². The van der Waals surface area contributed by atoms with Crippen LogP contribution in [0.15, 0.2) is 18.2 Å². The fourth-order valence-electron chi connectivity index (χ4n) is 2.09. The Hall–Kier alpha value is -1.88. The van der Waals surface area contributed by atoms with Crippen LogP contribution in [0.3, 0.4) is 0 Å². The Morgan fingerprint density at radius 3 is 2.86 bits per heavy atom.